The minimum atomic E-state index is -0.110. The molecule has 100 valence electrons. The Morgan fingerprint density at radius 2 is 2.12 bits per heavy atom. The first kappa shape index (κ1) is 14.5. The van der Waals surface area contributed by atoms with Crippen LogP contribution in [0.3, 0.4) is 0 Å². The molecule has 3 N–H and O–H groups in total. The maximum Gasteiger partial charge on any atom is 0.236 e. The average Bonchev–Trinajstić information content (AvgIpc) is 2.56. The summed E-state index contributed by atoms with van der Waals surface area (Å²) in [7, 11) is 1.68. The second kappa shape index (κ2) is 7.67. The Balaban J connectivity index is 2.27. The minimum absolute atomic E-state index is 0.0608. The van der Waals surface area contributed by atoms with Crippen molar-refractivity contribution in [3.63, 3.8) is 0 Å². The number of carbonyl (C=O) groups is 1. The van der Waals surface area contributed by atoms with E-state index >= 15 is 0 Å². The van der Waals surface area contributed by atoms with Gasteiger partial charge in [-0.1, -0.05) is 12.8 Å². The van der Waals surface area contributed by atoms with E-state index in [-0.39, 0.29) is 11.9 Å². The lowest BCUT2D eigenvalue weighted by Gasteiger charge is -2.24. The molecule has 1 aliphatic rings. The number of likely N-dealkylation sites (N-methyl/N-ethyl adjacent to an activating group) is 1. The van der Waals surface area contributed by atoms with Crippen LogP contribution in [0, 0.1) is 0 Å². The molecule has 0 spiro atoms. The molecule has 1 rings (SSSR count). The summed E-state index contributed by atoms with van der Waals surface area (Å²) in [5.41, 5.74) is 0. The summed E-state index contributed by atoms with van der Waals surface area (Å²) in [4.78, 5) is 11.4. The Morgan fingerprint density at radius 1 is 1.35 bits per heavy atom. The van der Waals surface area contributed by atoms with Crippen LogP contribution in [0.4, 0.5) is 0 Å². The molecule has 3 atom stereocenters. The first-order chi connectivity index (χ1) is 8.13. The molecule has 1 amide bonds. The van der Waals surface area contributed by atoms with Crippen LogP contribution in [0.1, 0.15) is 46.0 Å². The predicted octanol–water partition coefficient (Wildman–Crippen LogP) is 1.02. The summed E-state index contributed by atoms with van der Waals surface area (Å²) in [6, 6.07) is 0.871. The zero-order valence-corrected chi connectivity index (χ0v) is 11.4. The summed E-state index contributed by atoms with van der Waals surface area (Å²) >= 11 is 0. The maximum atomic E-state index is 11.4. The highest BCUT2D eigenvalue weighted by molar-refractivity contribution is 5.80. The summed E-state index contributed by atoms with van der Waals surface area (Å²) in [6.07, 6.45) is 6.34. The zero-order valence-electron chi connectivity index (χ0n) is 11.4. The highest BCUT2D eigenvalue weighted by Gasteiger charge is 2.18. The van der Waals surface area contributed by atoms with Gasteiger partial charge < -0.3 is 16.0 Å². The second-order valence-corrected chi connectivity index (χ2v) is 5.14. The molecule has 0 aromatic carbocycles. The lowest BCUT2D eigenvalue weighted by molar-refractivity contribution is -0.122. The summed E-state index contributed by atoms with van der Waals surface area (Å²) in [5.74, 6) is 0.0608. The van der Waals surface area contributed by atoms with Crippen LogP contribution in [0.5, 0.6) is 0 Å². The van der Waals surface area contributed by atoms with Gasteiger partial charge in [-0.2, -0.15) is 0 Å². The van der Waals surface area contributed by atoms with Crippen molar-refractivity contribution in [3.05, 3.63) is 0 Å². The smallest absolute Gasteiger partial charge is 0.236 e. The standard InChI is InChI=1S/C13H27N3O/c1-10(16-11(2)13(17)14-3)9-12-7-5-4-6-8-15-12/h10-12,15-16H,4-9H2,1-3H3,(H,14,17). The number of rotatable bonds is 5. The van der Waals surface area contributed by atoms with E-state index < -0.39 is 0 Å². The van der Waals surface area contributed by atoms with Crippen LogP contribution >= 0.6 is 0 Å². The number of amides is 1. The van der Waals surface area contributed by atoms with Crippen molar-refractivity contribution < 1.29 is 4.79 Å². The monoisotopic (exact) mass is 241 g/mol. The molecule has 0 aromatic rings. The van der Waals surface area contributed by atoms with Crippen LogP contribution in [-0.2, 0) is 4.79 Å². The molecule has 3 unspecified atom stereocenters. The van der Waals surface area contributed by atoms with E-state index in [2.05, 4.69) is 22.9 Å². The number of hydrogen-bond donors (Lipinski definition) is 3. The van der Waals surface area contributed by atoms with Crippen LogP contribution in [0.25, 0.3) is 0 Å². The third-order valence-corrected chi connectivity index (χ3v) is 3.47. The van der Waals surface area contributed by atoms with Crippen molar-refractivity contribution in [1.29, 1.82) is 0 Å². The fourth-order valence-corrected chi connectivity index (χ4v) is 2.52. The molecule has 0 radical (unpaired) electrons. The number of nitrogens with one attached hydrogen (secondary N) is 3. The Hall–Kier alpha value is -0.610. The van der Waals surface area contributed by atoms with Gasteiger partial charge in [0.15, 0.2) is 0 Å². The van der Waals surface area contributed by atoms with E-state index in [9.17, 15) is 4.79 Å². The molecule has 4 heteroatoms. The van der Waals surface area contributed by atoms with Crippen molar-refractivity contribution in [2.75, 3.05) is 13.6 Å². The van der Waals surface area contributed by atoms with Crippen molar-refractivity contribution in [3.8, 4) is 0 Å². The van der Waals surface area contributed by atoms with Gasteiger partial charge in [0, 0.05) is 19.1 Å². The molecule has 0 aliphatic carbocycles. The molecule has 4 nitrogen and oxygen atoms in total. The van der Waals surface area contributed by atoms with Crippen molar-refractivity contribution >= 4 is 5.91 Å². The minimum Gasteiger partial charge on any atom is -0.358 e. The van der Waals surface area contributed by atoms with Crippen molar-refractivity contribution in [2.24, 2.45) is 0 Å². The van der Waals surface area contributed by atoms with E-state index in [0.717, 1.165) is 13.0 Å². The Labute approximate surface area is 105 Å². The third-order valence-electron chi connectivity index (χ3n) is 3.47. The van der Waals surface area contributed by atoms with E-state index in [4.69, 9.17) is 0 Å². The van der Waals surface area contributed by atoms with Gasteiger partial charge in [0.05, 0.1) is 6.04 Å². The highest BCUT2D eigenvalue weighted by atomic mass is 16.2. The van der Waals surface area contributed by atoms with Crippen LogP contribution in [0.15, 0.2) is 0 Å². The molecule has 1 aliphatic heterocycles. The Kier molecular flexibility index (Phi) is 6.52. The SMILES string of the molecule is CNC(=O)C(C)NC(C)CC1CCCCCN1. The molecular formula is C13H27N3O. The van der Waals surface area contributed by atoms with Gasteiger partial charge in [-0.15, -0.1) is 0 Å². The van der Waals surface area contributed by atoms with Crippen molar-refractivity contribution in [1.82, 2.24) is 16.0 Å². The van der Waals surface area contributed by atoms with Crippen molar-refractivity contribution in [2.45, 2.75) is 64.1 Å². The first-order valence-corrected chi connectivity index (χ1v) is 6.84. The van der Waals surface area contributed by atoms with E-state index in [0.29, 0.717) is 12.1 Å². The molecule has 0 saturated carbocycles. The van der Waals surface area contributed by atoms with Gasteiger partial charge in [-0.25, -0.2) is 0 Å². The maximum absolute atomic E-state index is 11.4. The molecule has 1 fully saturated rings. The second-order valence-electron chi connectivity index (χ2n) is 5.14. The van der Waals surface area contributed by atoms with Crippen LogP contribution in [0.2, 0.25) is 0 Å². The normalized spacial score (nSPS) is 24.8. The van der Waals surface area contributed by atoms with Gasteiger partial charge in [-0.3, -0.25) is 4.79 Å². The van der Waals surface area contributed by atoms with Gasteiger partial charge >= 0.3 is 0 Å². The Bertz CT molecular complexity index is 225. The molecule has 0 bridgehead atoms. The highest BCUT2D eigenvalue weighted by Crippen LogP contribution is 2.12. The topological polar surface area (TPSA) is 53.2 Å². The molecule has 0 aromatic heterocycles. The van der Waals surface area contributed by atoms with Crippen LogP contribution in [-0.4, -0.2) is 37.6 Å². The molecule has 1 saturated heterocycles. The summed E-state index contributed by atoms with van der Waals surface area (Å²) < 4.78 is 0. The largest absolute Gasteiger partial charge is 0.358 e. The van der Waals surface area contributed by atoms with Gasteiger partial charge in [0.25, 0.3) is 0 Å². The Morgan fingerprint density at radius 3 is 2.82 bits per heavy atom. The van der Waals surface area contributed by atoms with Gasteiger partial charge in [-0.05, 0) is 39.7 Å². The number of hydrogen-bond acceptors (Lipinski definition) is 3. The van der Waals surface area contributed by atoms with Gasteiger partial charge in [0.2, 0.25) is 5.91 Å². The zero-order chi connectivity index (χ0) is 12.7. The lowest BCUT2D eigenvalue weighted by atomic mass is 10.0. The van der Waals surface area contributed by atoms with E-state index in [1.807, 2.05) is 6.92 Å². The van der Waals surface area contributed by atoms with Crippen LogP contribution < -0.4 is 16.0 Å². The molecular weight excluding hydrogens is 214 g/mol. The summed E-state index contributed by atoms with van der Waals surface area (Å²) in [6.45, 7) is 5.21. The van der Waals surface area contributed by atoms with E-state index in [1.54, 1.807) is 7.05 Å². The predicted molar refractivity (Wildman–Crippen MR) is 71.0 cm³/mol. The fourth-order valence-electron chi connectivity index (χ4n) is 2.52. The lowest BCUT2D eigenvalue weighted by Crippen LogP contribution is -2.46. The molecule has 1 heterocycles. The van der Waals surface area contributed by atoms with Gasteiger partial charge in [0.1, 0.15) is 0 Å². The third kappa shape index (κ3) is 5.50. The fraction of sp³-hybridized carbons (Fsp3) is 0.923. The number of carbonyl (C=O) groups excluding carboxylic acids is 1. The quantitative estimate of drug-likeness (QED) is 0.673. The van der Waals surface area contributed by atoms with E-state index in [1.165, 1.54) is 25.7 Å². The molecule has 17 heavy (non-hydrogen) atoms. The summed E-state index contributed by atoms with van der Waals surface area (Å²) in [5, 5.41) is 9.60. The average molecular weight is 241 g/mol. The first-order valence-electron chi connectivity index (χ1n) is 6.84.